The standard InChI is InChI=1S/C19H18N4O5S2/c1-20-29(25,26)17-8-4-16(5-9-17)23-30(27,28)18-6-2-15(3-7-18)22-19(24)14-10-12-21-13-11-14/h2-13,20,23H,1H3,(H,22,24). The van der Waals surface area contributed by atoms with Crippen molar-refractivity contribution >= 4 is 37.3 Å². The van der Waals surface area contributed by atoms with Gasteiger partial charge in [-0.1, -0.05) is 0 Å². The van der Waals surface area contributed by atoms with Crippen LogP contribution in [-0.4, -0.2) is 34.8 Å². The van der Waals surface area contributed by atoms with Gasteiger partial charge in [-0.05, 0) is 67.7 Å². The minimum absolute atomic E-state index is 0.0160. The number of nitrogens with zero attached hydrogens (tertiary/aromatic N) is 1. The molecule has 11 heteroatoms. The number of aromatic nitrogens is 1. The molecule has 0 saturated carbocycles. The minimum atomic E-state index is -3.90. The largest absolute Gasteiger partial charge is 0.322 e. The summed E-state index contributed by atoms with van der Waals surface area (Å²) >= 11 is 0. The lowest BCUT2D eigenvalue weighted by molar-refractivity contribution is 0.102. The fraction of sp³-hybridized carbons (Fsp3) is 0.0526. The molecule has 0 aliphatic heterocycles. The highest BCUT2D eigenvalue weighted by Crippen LogP contribution is 2.20. The third-order valence-corrected chi connectivity index (χ3v) is 6.88. The molecule has 3 aromatic rings. The van der Waals surface area contributed by atoms with Crippen molar-refractivity contribution in [2.75, 3.05) is 17.1 Å². The molecule has 1 aromatic heterocycles. The van der Waals surface area contributed by atoms with Crippen LogP contribution in [0.1, 0.15) is 10.4 Å². The SMILES string of the molecule is CNS(=O)(=O)c1ccc(NS(=O)(=O)c2ccc(NC(=O)c3ccncc3)cc2)cc1. The molecule has 3 rings (SSSR count). The maximum atomic E-state index is 12.6. The number of benzene rings is 2. The molecule has 0 aliphatic carbocycles. The number of hydrogen-bond donors (Lipinski definition) is 3. The molecule has 0 spiro atoms. The maximum absolute atomic E-state index is 12.6. The first kappa shape index (κ1) is 21.4. The normalized spacial score (nSPS) is 11.6. The summed E-state index contributed by atoms with van der Waals surface area (Å²) in [7, 11) is -6.22. The van der Waals surface area contributed by atoms with Gasteiger partial charge in [0.2, 0.25) is 10.0 Å². The number of carbonyl (C=O) groups excluding carboxylic acids is 1. The van der Waals surface area contributed by atoms with E-state index in [1.165, 1.54) is 68.0 Å². The Labute approximate surface area is 174 Å². The number of nitrogens with one attached hydrogen (secondary N) is 3. The molecular weight excluding hydrogens is 428 g/mol. The van der Waals surface area contributed by atoms with Crippen molar-refractivity contribution in [3.8, 4) is 0 Å². The second-order valence-electron chi connectivity index (χ2n) is 6.05. The molecule has 1 heterocycles. The van der Waals surface area contributed by atoms with Crippen LogP contribution < -0.4 is 14.8 Å². The summed E-state index contributed by atoms with van der Waals surface area (Å²) in [4.78, 5) is 16.0. The van der Waals surface area contributed by atoms with Crippen molar-refractivity contribution < 1.29 is 21.6 Å². The van der Waals surface area contributed by atoms with Crippen LogP contribution in [0.15, 0.2) is 82.8 Å². The number of sulfonamides is 2. The first-order valence-electron chi connectivity index (χ1n) is 8.59. The van der Waals surface area contributed by atoms with E-state index in [0.717, 1.165) is 0 Å². The zero-order valence-electron chi connectivity index (χ0n) is 15.7. The number of rotatable bonds is 7. The lowest BCUT2D eigenvalue weighted by atomic mass is 10.2. The van der Waals surface area contributed by atoms with Gasteiger partial charge in [-0.2, -0.15) is 0 Å². The van der Waals surface area contributed by atoms with Gasteiger partial charge in [-0.3, -0.25) is 14.5 Å². The molecule has 0 fully saturated rings. The molecule has 1 amide bonds. The second-order valence-corrected chi connectivity index (χ2v) is 9.62. The molecule has 0 radical (unpaired) electrons. The Balaban J connectivity index is 1.71. The molecule has 2 aromatic carbocycles. The smallest absolute Gasteiger partial charge is 0.261 e. The molecule has 9 nitrogen and oxygen atoms in total. The fourth-order valence-electron chi connectivity index (χ4n) is 2.46. The van der Waals surface area contributed by atoms with Crippen molar-refractivity contribution in [1.82, 2.24) is 9.71 Å². The summed E-state index contributed by atoms with van der Waals surface area (Å²) in [6.45, 7) is 0. The summed E-state index contributed by atoms with van der Waals surface area (Å²) in [5.41, 5.74) is 1.06. The average Bonchev–Trinajstić information content (AvgIpc) is 2.75. The van der Waals surface area contributed by atoms with E-state index < -0.39 is 20.0 Å². The van der Waals surface area contributed by atoms with Crippen molar-refractivity contribution in [2.45, 2.75) is 9.79 Å². The molecule has 0 bridgehead atoms. The van der Waals surface area contributed by atoms with Crippen molar-refractivity contribution in [2.24, 2.45) is 0 Å². The minimum Gasteiger partial charge on any atom is -0.322 e. The first-order valence-corrected chi connectivity index (χ1v) is 11.6. The van der Waals surface area contributed by atoms with E-state index in [-0.39, 0.29) is 21.4 Å². The summed E-state index contributed by atoms with van der Waals surface area (Å²) in [5, 5.41) is 2.67. The Bertz CT molecular complexity index is 1240. The van der Waals surface area contributed by atoms with E-state index >= 15 is 0 Å². The molecule has 0 atom stereocenters. The van der Waals surface area contributed by atoms with Gasteiger partial charge < -0.3 is 5.32 Å². The van der Waals surface area contributed by atoms with Crippen molar-refractivity contribution in [3.63, 3.8) is 0 Å². The first-order chi connectivity index (χ1) is 14.2. The van der Waals surface area contributed by atoms with Gasteiger partial charge in [0, 0.05) is 29.3 Å². The molecule has 3 N–H and O–H groups in total. The van der Waals surface area contributed by atoms with Gasteiger partial charge in [0.25, 0.3) is 15.9 Å². The predicted molar refractivity (Wildman–Crippen MR) is 112 cm³/mol. The Morgan fingerprint density at radius 1 is 0.733 bits per heavy atom. The summed E-state index contributed by atoms with van der Waals surface area (Å²) in [6.07, 6.45) is 2.99. The van der Waals surface area contributed by atoms with Gasteiger partial charge in [-0.25, -0.2) is 21.6 Å². The van der Waals surface area contributed by atoms with Crippen LogP contribution >= 0.6 is 0 Å². The second kappa shape index (κ2) is 8.61. The van der Waals surface area contributed by atoms with Crippen LogP contribution in [0.4, 0.5) is 11.4 Å². The van der Waals surface area contributed by atoms with E-state index in [4.69, 9.17) is 0 Å². The maximum Gasteiger partial charge on any atom is 0.261 e. The van der Waals surface area contributed by atoms with Gasteiger partial charge in [-0.15, -0.1) is 0 Å². The molecule has 0 saturated heterocycles. The van der Waals surface area contributed by atoms with Crippen LogP contribution in [0.3, 0.4) is 0 Å². The van der Waals surface area contributed by atoms with Crippen LogP contribution in [0.5, 0.6) is 0 Å². The lowest BCUT2D eigenvalue weighted by Crippen LogP contribution is -2.18. The number of amides is 1. The van der Waals surface area contributed by atoms with Crippen molar-refractivity contribution in [3.05, 3.63) is 78.6 Å². The van der Waals surface area contributed by atoms with E-state index in [9.17, 15) is 21.6 Å². The molecular formula is C19H18N4O5S2. The molecule has 0 unspecified atom stereocenters. The van der Waals surface area contributed by atoms with Gasteiger partial charge >= 0.3 is 0 Å². The topological polar surface area (TPSA) is 134 Å². The highest BCUT2D eigenvalue weighted by molar-refractivity contribution is 7.92. The zero-order valence-corrected chi connectivity index (χ0v) is 17.4. The monoisotopic (exact) mass is 446 g/mol. The summed E-state index contributed by atoms with van der Waals surface area (Å²) in [6, 6.07) is 14.1. The summed E-state index contributed by atoms with van der Waals surface area (Å²) in [5.74, 6) is -0.345. The highest BCUT2D eigenvalue weighted by Gasteiger charge is 2.16. The molecule has 156 valence electrons. The van der Waals surface area contributed by atoms with Crippen LogP contribution in [0, 0.1) is 0 Å². The predicted octanol–water partition coefficient (Wildman–Crippen LogP) is 2.04. The van der Waals surface area contributed by atoms with Gasteiger partial charge in [0.1, 0.15) is 0 Å². The Hall–Kier alpha value is -3.28. The fourth-order valence-corrected chi connectivity index (χ4v) is 4.25. The van der Waals surface area contributed by atoms with Gasteiger partial charge in [0.05, 0.1) is 9.79 Å². The van der Waals surface area contributed by atoms with Gasteiger partial charge in [0.15, 0.2) is 0 Å². The zero-order chi connectivity index (χ0) is 21.8. The number of anilines is 2. The highest BCUT2D eigenvalue weighted by atomic mass is 32.2. The van der Waals surface area contributed by atoms with Crippen molar-refractivity contribution in [1.29, 1.82) is 0 Å². The number of pyridine rings is 1. The Morgan fingerprint density at radius 2 is 1.23 bits per heavy atom. The van der Waals surface area contributed by atoms with E-state index in [1.807, 2.05) is 0 Å². The average molecular weight is 447 g/mol. The van der Waals surface area contributed by atoms with Crippen LogP contribution in [0.25, 0.3) is 0 Å². The number of hydrogen-bond acceptors (Lipinski definition) is 6. The lowest BCUT2D eigenvalue weighted by Gasteiger charge is -2.10. The van der Waals surface area contributed by atoms with E-state index in [1.54, 1.807) is 12.1 Å². The Morgan fingerprint density at radius 3 is 1.77 bits per heavy atom. The van der Waals surface area contributed by atoms with E-state index in [2.05, 4.69) is 19.7 Å². The third kappa shape index (κ3) is 5.00. The summed E-state index contributed by atoms with van der Waals surface area (Å²) < 4.78 is 53.1. The third-order valence-electron chi connectivity index (χ3n) is 4.05. The van der Waals surface area contributed by atoms with Crippen LogP contribution in [-0.2, 0) is 20.0 Å². The van der Waals surface area contributed by atoms with E-state index in [0.29, 0.717) is 11.3 Å². The molecule has 0 aliphatic rings. The van der Waals surface area contributed by atoms with Crippen LogP contribution in [0.2, 0.25) is 0 Å². The number of carbonyl (C=O) groups is 1. The quantitative estimate of drug-likeness (QED) is 0.508. The molecule has 30 heavy (non-hydrogen) atoms. The Kier molecular flexibility index (Phi) is 6.15.